The van der Waals surface area contributed by atoms with Crippen molar-refractivity contribution in [3.05, 3.63) is 48.5 Å². The minimum absolute atomic E-state index is 0.0735. The molecule has 1 fully saturated rings. The number of ether oxygens (including phenoxy) is 1. The van der Waals surface area contributed by atoms with Crippen LogP contribution in [0.2, 0.25) is 0 Å². The molecule has 0 unspecified atom stereocenters. The monoisotopic (exact) mass is 394 g/mol. The molecule has 2 aliphatic heterocycles. The lowest BCUT2D eigenvalue weighted by Gasteiger charge is -2.37. The van der Waals surface area contributed by atoms with Crippen molar-refractivity contribution in [3.63, 3.8) is 0 Å². The third-order valence-electron chi connectivity index (χ3n) is 5.38. The van der Waals surface area contributed by atoms with Crippen molar-refractivity contribution >= 4 is 28.9 Å². The van der Waals surface area contributed by atoms with Crippen molar-refractivity contribution in [1.29, 1.82) is 0 Å². The molecule has 2 aliphatic rings. The summed E-state index contributed by atoms with van der Waals surface area (Å²) in [6, 6.07) is 15.4. The Hall–Kier alpha value is -3.22. The predicted molar refractivity (Wildman–Crippen MR) is 113 cm³/mol. The quantitative estimate of drug-likeness (QED) is 0.834. The first-order valence-electron chi connectivity index (χ1n) is 9.98. The van der Waals surface area contributed by atoms with Crippen molar-refractivity contribution in [2.75, 3.05) is 41.7 Å². The van der Waals surface area contributed by atoms with Crippen LogP contribution < -0.4 is 20.3 Å². The summed E-state index contributed by atoms with van der Waals surface area (Å²) < 4.78 is 5.57. The maximum Gasteiger partial charge on any atom is 0.265 e. The van der Waals surface area contributed by atoms with E-state index in [0.29, 0.717) is 24.5 Å². The number of hydrogen-bond acceptors (Lipinski definition) is 5. The van der Waals surface area contributed by atoms with Crippen LogP contribution in [0.3, 0.4) is 0 Å². The molecule has 0 aromatic heterocycles. The zero-order valence-corrected chi connectivity index (χ0v) is 16.7. The van der Waals surface area contributed by atoms with E-state index in [-0.39, 0.29) is 17.9 Å². The number of benzene rings is 2. The molecule has 0 saturated carbocycles. The molecule has 7 nitrogen and oxygen atoms in total. The molecule has 2 aromatic rings. The second-order valence-corrected chi connectivity index (χ2v) is 7.47. The lowest BCUT2D eigenvalue weighted by molar-refractivity contribution is -0.132. The summed E-state index contributed by atoms with van der Waals surface area (Å²) in [4.78, 5) is 28.9. The molecule has 1 saturated heterocycles. The Morgan fingerprint density at radius 1 is 1.14 bits per heavy atom. The Balaban J connectivity index is 1.34. The first kappa shape index (κ1) is 19.1. The Kier molecular flexibility index (Phi) is 5.29. The molecule has 2 atom stereocenters. The topological polar surface area (TPSA) is 73.9 Å². The van der Waals surface area contributed by atoms with Gasteiger partial charge in [-0.15, -0.1) is 0 Å². The first-order chi connectivity index (χ1) is 14.0. The van der Waals surface area contributed by atoms with Crippen LogP contribution in [-0.2, 0) is 9.59 Å². The van der Waals surface area contributed by atoms with E-state index >= 15 is 0 Å². The summed E-state index contributed by atoms with van der Waals surface area (Å²) in [6.45, 7) is 6.62. The molecule has 4 rings (SSSR count). The smallest absolute Gasteiger partial charge is 0.265 e. The highest BCUT2D eigenvalue weighted by Crippen LogP contribution is 2.32. The highest BCUT2D eigenvalue weighted by Gasteiger charge is 2.26. The average molecular weight is 394 g/mol. The van der Waals surface area contributed by atoms with E-state index in [1.54, 1.807) is 13.0 Å². The second-order valence-electron chi connectivity index (χ2n) is 7.47. The number of nitrogens with one attached hydrogen (secondary N) is 2. The van der Waals surface area contributed by atoms with Gasteiger partial charge in [0.15, 0.2) is 6.10 Å². The number of para-hydroxylation sites is 1. The molecule has 0 radical (unpaired) electrons. The van der Waals surface area contributed by atoms with Crippen LogP contribution in [0.1, 0.15) is 13.8 Å². The fourth-order valence-electron chi connectivity index (χ4n) is 3.71. The van der Waals surface area contributed by atoms with E-state index in [1.165, 1.54) is 5.69 Å². The van der Waals surface area contributed by atoms with Crippen molar-refractivity contribution < 1.29 is 14.3 Å². The van der Waals surface area contributed by atoms with Crippen molar-refractivity contribution in [1.82, 2.24) is 4.90 Å². The van der Waals surface area contributed by atoms with Crippen LogP contribution in [0.5, 0.6) is 5.75 Å². The summed E-state index contributed by atoms with van der Waals surface area (Å²) in [6.07, 6.45) is -0.503. The van der Waals surface area contributed by atoms with E-state index in [1.807, 2.05) is 42.2 Å². The Morgan fingerprint density at radius 2 is 1.86 bits per heavy atom. The number of fused-ring (bicyclic) bond motifs is 1. The Bertz CT molecular complexity index is 894. The molecule has 152 valence electrons. The number of carbonyl (C=O) groups excluding carboxylic acids is 2. The fourth-order valence-corrected chi connectivity index (χ4v) is 3.71. The van der Waals surface area contributed by atoms with Gasteiger partial charge in [-0.05, 0) is 44.2 Å². The van der Waals surface area contributed by atoms with Crippen LogP contribution in [-0.4, -0.2) is 55.0 Å². The van der Waals surface area contributed by atoms with Crippen LogP contribution >= 0.6 is 0 Å². The van der Waals surface area contributed by atoms with Gasteiger partial charge in [-0.2, -0.15) is 0 Å². The third kappa shape index (κ3) is 4.13. The summed E-state index contributed by atoms with van der Waals surface area (Å²) >= 11 is 0. The van der Waals surface area contributed by atoms with Crippen LogP contribution in [0.15, 0.2) is 48.5 Å². The fraction of sp³-hybridized carbons (Fsp3) is 0.364. The predicted octanol–water partition coefficient (Wildman–Crippen LogP) is 2.56. The molecule has 7 heteroatoms. The summed E-state index contributed by atoms with van der Waals surface area (Å²) in [5, 5.41) is 6.08. The Labute approximate surface area is 170 Å². The molecule has 2 amide bonds. The van der Waals surface area contributed by atoms with E-state index < -0.39 is 6.10 Å². The summed E-state index contributed by atoms with van der Waals surface area (Å²) in [7, 11) is 0. The van der Waals surface area contributed by atoms with Crippen LogP contribution in [0.25, 0.3) is 0 Å². The summed E-state index contributed by atoms with van der Waals surface area (Å²) in [5.74, 6) is 0.540. The minimum atomic E-state index is -0.503. The van der Waals surface area contributed by atoms with Crippen molar-refractivity contribution in [3.8, 4) is 5.75 Å². The number of hydrogen-bond donors (Lipinski definition) is 2. The van der Waals surface area contributed by atoms with E-state index in [4.69, 9.17) is 4.74 Å². The maximum absolute atomic E-state index is 12.9. The number of carbonyl (C=O) groups is 2. The zero-order chi connectivity index (χ0) is 20.4. The zero-order valence-electron chi connectivity index (χ0n) is 16.7. The number of nitrogens with zero attached hydrogens (tertiary/aromatic N) is 2. The molecular weight excluding hydrogens is 368 g/mol. The molecule has 0 spiro atoms. The van der Waals surface area contributed by atoms with Gasteiger partial charge in [0.05, 0.1) is 5.69 Å². The molecule has 0 aliphatic carbocycles. The van der Waals surface area contributed by atoms with Crippen molar-refractivity contribution in [2.24, 2.45) is 0 Å². The standard InChI is InChI=1S/C22H26N4O3/c1-15(23-17-8-9-20-19(14-17)24-21(27)16(2)29-20)22(28)26-12-10-25(11-13-26)18-6-4-3-5-7-18/h3-9,14-16,23H,10-13H2,1-2H3,(H,24,27)/t15-,16-/m1/s1. The Morgan fingerprint density at radius 3 is 2.59 bits per heavy atom. The number of anilines is 3. The highest BCUT2D eigenvalue weighted by atomic mass is 16.5. The van der Waals surface area contributed by atoms with Gasteiger partial charge in [0.1, 0.15) is 11.8 Å². The SMILES string of the molecule is C[C@@H](Nc1ccc2c(c1)NC(=O)[C@@H](C)O2)C(=O)N1CCN(c2ccccc2)CC1. The minimum Gasteiger partial charge on any atom is -0.479 e. The van der Waals surface area contributed by atoms with Crippen molar-refractivity contribution in [2.45, 2.75) is 26.0 Å². The van der Waals surface area contributed by atoms with Gasteiger partial charge < -0.3 is 25.2 Å². The molecule has 2 aromatic carbocycles. The van der Waals surface area contributed by atoms with E-state index in [9.17, 15) is 9.59 Å². The van der Waals surface area contributed by atoms with Gasteiger partial charge in [0, 0.05) is 37.6 Å². The lowest BCUT2D eigenvalue weighted by atomic mass is 10.1. The maximum atomic E-state index is 12.9. The van der Waals surface area contributed by atoms with Crippen LogP contribution in [0, 0.1) is 0 Å². The number of piperazine rings is 1. The largest absolute Gasteiger partial charge is 0.479 e. The van der Waals surface area contributed by atoms with E-state index in [2.05, 4.69) is 27.7 Å². The highest BCUT2D eigenvalue weighted by molar-refractivity contribution is 5.98. The number of rotatable bonds is 4. The molecular formula is C22H26N4O3. The normalized spacial score (nSPS) is 19.7. The van der Waals surface area contributed by atoms with Gasteiger partial charge in [0.2, 0.25) is 5.91 Å². The summed E-state index contributed by atoms with van der Waals surface area (Å²) in [5.41, 5.74) is 2.58. The molecule has 0 bridgehead atoms. The average Bonchev–Trinajstić information content (AvgIpc) is 2.75. The van der Waals surface area contributed by atoms with E-state index in [0.717, 1.165) is 18.8 Å². The molecule has 2 heterocycles. The lowest BCUT2D eigenvalue weighted by Crippen LogP contribution is -2.52. The van der Waals surface area contributed by atoms with Gasteiger partial charge in [0.25, 0.3) is 5.91 Å². The number of amides is 2. The van der Waals surface area contributed by atoms with Gasteiger partial charge >= 0.3 is 0 Å². The third-order valence-corrected chi connectivity index (χ3v) is 5.38. The van der Waals surface area contributed by atoms with Crippen LogP contribution in [0.4, 0.5) is 17.1 Å². The first-order valence-corrected chi connectivity index (χ1v) is 9.98. The second kappa shape index (κ2) is 8.03. The molecule has 29 heavy (non-hydrogen) atoms. The van der Waals surface area contributed by atoms with Gasteiger partial charge in [-0.1, -0.05) is 18.2 Å². The molecule has 2 N–H and O–H groups in total. The van der Waals surface area contributed by atoms with Gasteiger partial charge in [-0.3, -0.25) is 9.59 Å². The van der Waals surface area contributed by atoms with Gasteiger partial charge in [-0.25, -0.2) is 0 Å².